The van der Waals surface area contributed by atoms with E-state index < -0.39 is 30.4 Å². The van der Waals surface area contributed by atoms with Crippen LogP contribution in [0.3, 0.4) is 0 Å². The number of alkyl halides is 2. The summed E-state index contributed by atoms with van der Waals surface area (Å²) in [6.45, 7) is -0.152. The molecule has 110 valence electrons. The van der Waals surface area contributed by atoms with Crippen LogP contribution in [0.2, 0.25) is 0 Å². The van der Waals surface area contributed by atoms with Crippen LogP contribution in [0.4, 0.5) is 8.78 Å². The molecule has 1 aromatic rings. The van der Waals surface area contributed by atoms with Gasteiger partial charge in [0.2, 0.25) is 0 Å². The van der Waals surface area contributed by atoms with E-state index in [-0.39, 0.29) is 6.61 Å². The van der Waals surface area contributed by atoms with E-state index >= 15 is 0 Å². The van der Waals surface area contributed by atoms with Crippen LogP contribution in [0.1, 0.15) is 12.0 Å². The molecule has 1 atom stereocenters. The first kappa shape index (κ1) is 16.0. The minimum atomic E-state index is -3.94. The van der Waals surface area contributed by atoms with Crippen molar-refractivity contribution >= 4 is 11.9 Å². The molecule has 0 saturated heterocycles. The van der Waals surface area contributed by atoms with Crippen molar-refractivity contribution in [3.8, 4) is 0 Å². The van der Waals surface area contributed by atoms with Crippen molar-refractivity contribution in [2.45, 2.75) is 25.1 Å². The zero-order valence-corrected chi connectivity index (χ0v) is 10.7. The summed E-state index contributed by atoms with van der Waals surface area (Å²) in [6, 6.07) is 8.53. The van der Waals surface area contributed by atoms with E-state index in [9.17, 15) is 23.5 Å². The number of hydrogen-bond acceptors (Lipinski definition) is 5. The van der Waals surface area contributed by atoms with Crippen LogP contribution in [0.15, 0.2) is 30.3 Å². The quantitative estimate of drug-likeness (QED) is 0.798. The highest BCUT2D eigenvalue weighted by molar-refractivity contribution is 5.80. The van der Waals surface area contributed by atoms with E-state index in [1.165, 1.54) is 0 Å². The van der Waals surface area contributed by atoms with Gasteiger partial charge in [-0.3, -0.25) is 0 Å². The number of hydrogen-bond donors (Lipinski definition) is 1. The van der Waals surface area contributed by atoms with Crippen molar-refractivity contribution < 1.29 is 33.0 Å². The molecule has 0 aliphatic heterocycles. The molecule has 0 aliphatic carbocycles. The summed E-state index contributed by atoms with van der Waals surface area (Å²) in [7, 11) is 0.788. The van der Waals surface area contributed by atoms with Crippen molar-refractivity contribution in [2.24, 2.45) is 0 Å². The Bertz CT molecular complexity index is 461. The largest absolute Gasteiger partial charge is 0.465 e. The molecular weight excluding hydrogens is 274 g/mol. The fourth-order valence-corrected chi connectivity index (χ4v) is 1.38. The number of benzene rings is 1. The van der Waals surface area contributed by atoms with Gasteiger partial charge in [-0.15, -0.1) is 0 Å². The van der Waals surface area contributed by atoms with Crippen molar-refractivity contribution in [3.63, 3.8) is 0 Å². The lowest BCUT2D eigenvalue weighted by Crippen LogP contribution is -2.37. The third-order valence-corrected chi connectivity index (χ3v) is 2.43. The Morgan fingerprint density at radius 2 is 1.90 bits per heavy atom. The minimum Gasteiger partial charge on any atom is -0.465 e. The smallest absolute Gasteiger partial charge is 0.376 e. The second kappa shape index (κ2) is 6.95. The molecule has 0 aliphatic rings. The van der Waals surface area contributed by atoms with Gasteiger partial charge in [-0.2, -0.15) is 8.78 Å². The van der Waals surface area contributed by atoms with E-state index in [2.05, 4.69) is 9.47 Å². The summed E-state index contributed by atoms with van der Waals surface area (Å²) in [6.07, 6.45) is -3.49. The molecule has 0 fully saturated rings. The Morgan fingerprint density at radius 1 is 1.30 bits per heavy atom. The second-order valence-electron chi connectivity index (χ2n) is 4.01. The molecule has 0 amide bonds. The van der Waals surface area contributed by atoms with Crippen LogP contribution < -0.4 is 0 Å². The number of aliphatic hydroxyl groups is 1. The molecular formula is C13H14F2O5. The van der Waals surface area contributed by atoms with E-state index in [1.54, 1.807) is 30.3 Å². The second-order valence-corrected chi connectivity index (χ2v) is 4.01. The fraction of sp³-hybridized carbons (Fsp3) is 0.385. The molecule has 1 rings (SSSR count). The molecule has 0 bridgehead atoms. The van der Waals surface area contributed by atoms with Gasteiger partial charge in [0.25, 0.3) is 0 Å². The summed E-state index contributed by atoms with van der Waals surface area (Å²) in [5.41, 5.74) is 0.646. The maximum absolute atomic E-state index is 13.1. The number of esters is 2. The number of rotatable bonds is 6. The Kier molecular flexibility index (Phi) is 5.57. The molecule has 0 heterocycles. The lowest BCUT2D eigenvalue weighted by atomic mass is 10.1. The molecule has 5 nitrogen and oxygen atoms in total. The van der Waals surface area contributed by atoms with Gasteiger partial charge in [-0.05, 0) is 5.56 Å². The molecule has 0 spiro atoms. The number of halogens is 2. The maximum atomic E-state index is 13.1. The minimum absolute atomic E-state index is 0.152. The van der Waals surface area contributed by atoms with Crippen LogP contribution >= 0.6 is 0 Å². The van der Waals surface area contributed by atoms with Gasteiger partial charge < -0.3 is 14.6 Å². The number of carbonyl (C=O) groups excluding carboxylic acids is 2. The Balaban J connectivity index is 2.49. The predicted molar refractivity (Wildman–Crippen MR) is 63.8 cm³/mol. The van der Waals surface area contributed by atoms with Gasteiger partial charge in [0.05, 0.1) is 13.5 Å². The predicted octanol–water partition coefficient (Wildman–Crippen LogP) is 1.29. The Hall–Kier alpha value is -2.02. The molecule has 0 aromatic heterocycles. The monoisotopic (exact) mass is 288 g/mol. The summed E-state index contributed by atoms with van der Waals surface area (Å²) < 4.78 is 34.8. The fourth-order valence-electron chi connectivity index (χ4n) is 1.38. The highest BCUT2D eigenvalue weighted by Crippen LogP contribution is 2.22. The first-order valence-corrected chi connectivity index (χ1v) is 5.71. The highest BCUT2D eigenvalue weighted by Gasteiger charge is 2.44. The van der Waals surface area contributed by atoms with Crippen molar-refractivity contribution in [2.75, 3.05) is 7.11 Å². The standard InChI is InChI=1S/C13H14F2O5/c1-19-12(18)13(14,15)7-10(16)11(17)20-8-9-5-3-2-4-6-9/h2-6,10,16H,7-8H2,1H3. The lowest BCUT2D eigenvalue weighted by Gasteiger charge is -2.16. The molecule has 0 radical (unpaired) electrons. The van der Waals surface area contributed by atoms with E-state index in [0.717, 1.165) is 7.11 Å². The van der Waals surface area contributed by atoms with Crippen LogP contribution in [-0.2, 0) is 25.7 Å². The SMILES string of the molecule is COC(=O)C(F)(F)CC(O)C(=O)OCc1ccccc1. The molecule has 0 saturated carbocycles. The Labute approximate surface area is 114 Å². The van der Waals surface area contributed by atoms with Crippen LogP contribution in [0.25, 0.3) is 0 Å². The van der Waals surface area contributed by atoms with E-state index in [0.29, 0.717) is 5.56 Å². The number of methoxy groups -OCH3 is 1. The molecule has 1 N–H and O–H groups in total. The highest BCUT2D eigenvalue weighted by atomic mass is 19.3. The number of carbonyl (C=O) groups is 2. The molecule has 20 heavy (non-hydrogen) atoms. The molecule has 1 aromatic carbocycles. The van der Waals surface area contributed by atoms with Gasteiger partial charge in [-0.1, -0.05) is 30.3 Å². The number of aliphatic hydroxyl groups excluding tert-OH is 1. The third-order valence-electron chi connectivity index (χ3n) is 2.43. The van der Waals surface area contributed by atoms with E-state index in [4.69, 9.17) is 0 Å². The van der Waals surface area contributed by atoms with Crippen LogP contribution in [-0.4, -0.2) is 36.2 Å². The molecule has 7 heteroatoms. The van der Waals surface area contributed by atoms with Crippen LogP contribution in [0.5, 0.6) is 0 Å². The van der Waals surface area contributed by atoms with Gasteiger partial charge in [-0.25, -0.2) is 9.59 Å². The summed E-state index contributed by atoms with van der Waals surface area (Å²) in [5, 5.41) is 9.31. The van der Waals surface area contributed by atoms with Crippen LogP contribution in [0, 0.1) is 0 Å². The van der Waals surface area contributed by atoms with Gasteiger partial charge in [0.15, 0.2) is 6.10 Å². The average Bonchev–Trinajstić information content (AvgIpc) is 2.44. The van der Waals surface area contributed by atoms with Gasteiger partial charge in [0, 0.05) is 0 Å². The van der Waals surface area contributed by atoms with Crippen molar-refractivity contribution in [3.05, 3.63) is 35.9 Å². The number of ether oxygens (including phenoxy) is 2. The first-order valence-electron chi connectivity index (χ1n) is 5.71. The zero-order chi connectivity index (χ0) is 15.2. The van der Waals surface area contributed by atoms with Gasteiger partial charge >= 0.3 is 17.9 Å². The molecule has 1 unspecified atom stereocenters. The third kappa shape index (κ3) is 4.58. The summed E-state index contributed by atoms with van der Waals surface area (Å²) >= 11 is 0. The first-order chi connectivity index (χ1) is 9.36. The maximum Gasteiger partial charge on any atom is 0.376 e. The lowest BCUT2D eigenvalue weighted by molar-refractivity contribution is -0.177. The van der Waals surface area contributed by atoms with Crippen molar-refractivity contribution in [1.29, 1.82) is 0 Å². The summed E-state index contributed by atoms with van der Waals surface area (Å²) in [5.74, 6) is -6.98. The average molecular weight is 288 g/mol. The normalized spacial score (nSPS) is 12.6. The summed E-state index contributed by atoms with van der Waals surface area (Å²) in [4.78, 5) is 22.1. The zero-order valence-electron chi connectivity index (χ0n) is 10.7. The topological polar surface area (TPSA) is 72.8 Å². The van der Waals surface area contributed by atoms with Crippen molar-refractivity contribution in [1.82, 2.24) is 0 Å². The van der Waals surface area contributed by atoms with E-state index in [1.807, 2.05) is 0 Å². The Morgan fingerprint density at radius 3 is 2.45 bits per heavy atom. The van der Waals surface area contributed by atoms with Gasteiger partial charge in [0.1, 0.15) is 6.61 Å².